The van der Waals surface area contributed by atoms with Crippen molar-refractivity contribution in [2.75, 3.05) is 7.11 Å². The summed E-state index contributed by atoms with van der Waals surface area (Å²) in [5, 5.41) is -0.0307. The van der Waals surface area contributed by atoms with Gasteiger partial charge in [-0.2, -0.15) is 0 Å². The van der Waals surface area contributed by atoms with E-state index >= 15 is 0 Å². The Kier molecular flexibility index (Phi) is 7.05. The normalized spacial score (nSPS) is 16.3. The molecule has 8 heteroatoms. The number of hydrogen-bond donors (Lipinski definition) is 0. The predicted molar refractivity (Wildman–Crippen MR) is 116 cm³/mol. The number of thioether (sulfide) groups is 1. The van der Waals surface area contributed by atoms with Crippen LogP contribution in [-0.2, 0) is 11.3 Å². The molecular weight excluding hydrogens is 429 g/mol. The Labute approximate surface area is 183 Å². The highest BCUT2D eigenvalue weighted by molar-refractivity contribution is 8.18. The first kappa shape index (κ1) is 22.2. The van der Waals surface area contributed by atoms with Gasteiger partial charge in [-0.1, -0.05) is 30.7 Å². The lowest BCUT2D eigenvalue weighted by molar-refractivity contribution is -0.123. The zero-order chi connectivity index (χ0) is 21.8. The van der Waals surface area contributed by atoms with Crippen LogP contribution in [0.1, 0.15) is 31.4 Å². The number of hydrogen-bond acceptors (Lipinski definition) is 5. The van der Waals surface area contributed by atoms with Crippen molar-refractivity contribution >= 4 is 40.6 Å². The number of carbonyl (C=O) groups is 2. The molecule has 1 heterocycles. The lowest BCUT2D eigenvalue weighted by Crippen LogP contribution is -2.27. The summed E-state index contributed by atoms with van der Waals surface area (Å²) in [7, 11) is 1.51. The van der Waals surface area contributed by atoms with Gasteiger partial charge in [-0.05, 0) is 66.6 Å². The molecule has 1 aliphatic heterocycles. The number of amides is 2. The van der Waals surface area contributed by atoms with Crippen molar-refractivity contribution in [1.82, 2.24) is 4.90 Å². The molecule has 1 aliphatic rings. The van der Waals surface area contributed by atoms with E-state index < -0.39 is 5.91 Å². The molecule has 1 unspecified atom stereocenters. The van der Waals surface area contributed by atoms with E-state index in [4.69, 9.17) is 21.1 Å². The summed E-state index contributed by atoms with van der Waals surface area (Å²) >= 11 is 7.23. The van der Waals surface area contributed by atoms with Crippen molar-refractivity contribution in [2.45, 2.75) is 32.9 Å². The van der Waals surface area contributed by atoms with Crippen LogP contribution in [0.15, 0.2) is 41.3 Å². The minimum Gasteiger partial charge on any atom is -0.493 e. The van der Waals surface area contributed by atoms with Crippen molar-refractivity contribution in [3.8, 4) is 11.5 Å². The second kappa shape index (κ2) is 9.53. The Balaban J connectivity index is 1.84. The molecule has 5 nitrogen and oxygen atoms in total. The minimum atomic E-state index is -0.413. The molecule has 0 spiro atoms. The number of halogens is 2. The largest absolute Gasteiger partial charge is 0.493 e. The van der Waals surface area contributed by atoms with Gasteiger partial charge in [-0.25, -0.2) is 4.39 Å². The van der Waals surface area contributed by atoms with Gasteiger partial charge in [-0.3, -0.25) is 14.5 Å². The van der Waals surface area contributed by atoms with Gasteiger partial charge in [-0.15, -0.1) is 0 Å². The summed E-state index contributed by atoms with van der Waals surface area (Å²) in [4.78, 5) is 26.5. The maximum absolute atomic E-state index is 13.1. The van der Waals surface area contributed by atoms with Crippen LogP contribution in [0.5, 0.6) is 11.5 Å². The molecule has 2 amide bonds. The second-order valence-corrected chi connectivity index (χ2v) is 8.17. The third-order valence-corrected chi connectivity index (χ3v) is 5.76. The van der Waals surface area contributed by atoms with Gasteiger partial charge in [0, 0.05) is 0 Å². The molecule has 1 saturated heterocycles. The predicted octanol–water partition coefficient (Wildman–Crippen LogP) is 5.90. The third-order valence-electron chi connectivity index (χ3n) is 4.57. The monoisotopic (exact) mass is 449 g/mol. The standard InChI is InChI=1S/C22H21ClFNO4S/c1-4-13(2)29-20-17(23)9-15(10-18(20)28-3)11-19-21(26)25(22(27)30-19)12-14-5-7-16(24)8-6-14/h5-11,13H,4,12H2,1-3H3/b19-11-. The molecule has 30 heavy (non-hydrogen) atoms. The molecule has 0 bridgehead atoms. The van der Waals surface area contributed by atoms with E-state index in [0.29, 0.717) is 27.6 Å². The fourth-order valence-electron chi connectivity index (χ4n) is 2.78. The SMILES string of the molecule is CCC(C)Oc1c(Cl)cc(/C=C2\SC(=O)N(Cc3ccc(F)cc3)C2=O)cc1OC. The first-order valence-electron chi connectivity index (χ1n) is 9.36. The zero-order valence-electron chi connectivity index (χ0n) is 16.8. The summed E-state index contributed by atoms with van der Waals surface area (Å²) < 4.78 is 24.3. The van der Waals surface area contributed by atoms with Gasteiger partial charge in [0.05, 0.1) is 29.7 Å². The highest BCUT2D eigenvalue weighted by Crippen LogP contribution is 2.39. The number of methoxy groups -OCH3 is 1. The second-order valence-electron chi connectivity index (χ2n) is 6.77. The van der Waals surface area contributed by atoms with Crippen LogP contribution in [0.4, 0.5) is 9.18 Å². The molecule has 0 aromatic heterocycles. The first-order chi connectivity index (χ1) is 14.3. The van der Waals surface area contributed by atoms with Crippen LogP contribution >= 0.6 is 23.4 Å². The maximum atomic E-state index is 13.1. The van der Waals surface area contributed by atoms with Crippen LogP contribution in [0.3, 0.4) is 0 Å². The van der Waals surface area contributed by atoms with Crippen molar-refractivity contribution in [3.05, 3.63) is 63.3 Å². The molecule has 1 fully saturated rings. The molecule has 0 saturated carbocycles. The highest BCUT2D eigenvalue weighted by Gasteiger charge is 2.35. The molecule has 2 aromatic rings. The van der Waals surface area contributed by atoms with Crippen molar-refractivity contribution < 1.29 is 23.5 Å². The number of rotatable bonds is 7. The van der Waals surface area contributed by atoms with Crippen LogP contribution < -0.4 is 9.47 Å². The fraction of sp³-hybridized carbons (Fsp3) is 0.273. The molecule has 1 atom stereocenters. The Hall–Kier alpha value is -2.51. The summed E-state index contributed by atoms with van der Waals surface area (Å²) in [5.74, 6) is 0.0957. The van der Waals surface area contributed by atoms with E-state index in [1.165, 1.54) is 19.2 Å². The number of nitrogens with zero attached hydrogens (tertiary/aromatic N) is 1. The molecule has 158 valence electrons. The number of benzene rings is 2. The molecule has 3 rings (SSSR count). The van der Waals surface area contributed by atoms with Crippen molar-refractivity contribution in [3.63, 3.8) is 0 Å². The Morgan fingerprint density at radius 2 is 1.93 bits per heavy atom. The van der Waals surface area contributed by atoms with Crippen molar-refractivity contribution in [1.29, 1.82) is 0 Å². The molecule has 2 aromatic carbocycles. The van der Waals surface area contributed by atoms with E-state index in [1.54, 1.807) is 30.3 Å². The summed E-state index contributed by atoms with van der Waals surface area (Å²) in [6.45, 7) is 4.01. The van der Waals surface area contributed by atoms with Gasteiger partial charge in [0.15, 0.2) is 11.5 Å². The first-order valence-corrected chi connectivity index (χ1v) is 10.6. The van der Waals surface area contributed by atoms with Crippen LogP contribution in [0.2, 0.25) is 5.02 Å². The van der Waals surface area contributed by atoms with E-state index in [2.05, 4.69) is 0 Å². The number of carbonyl (C=O) groups excluding carboxylic acids is 2. The fourth-order valence-corrected chi connectivity index (χ4v) is 3.88. The Bertz CT molecular complexity index is 993. The quantitative estimate of drug-likeness (QED) is 0.492. The van der Waals surface area contributed by atoms with E-state index in [9.17, 15) is 14.0 Å². The Morgan fingerprint density at radius 1 is 1.23 bits per heavy atom. The zero-order valence-corrected chi connectivity index (χ0v) is 18.3. The molecule has 0 N–H and O–H groups in total. The summed E-state index contributed by atoms with van der Waals surface area (Å²) in [5.41, 5.74) is 1.27. The average Bonchev–Trinajstić information content (AvgIpc) is 2.98. The summed E-state index contributed by atoms with van der Waals surface area (Å²) in [6.07, 6.45) is 2.37. The third kappa shape index (κ3) is 4.96. The van der Waals surface area contributed by atoms with Crippen LogP contribution in [0, 0.1) is 5.82 Å². The van der Waals surface area contributed by atoms with E-state index in [-0.39, 0.29) is 28.6 Å². The Morgan fingerprint density at radius 3 is 2.57 bits per heavy atom. The van der Waals surface area contributed by atoms with Gasteiger partial charge < -0.3 is 9.47 Å². The van der Waals surface area contributed by atoms with Gasteiger partial charge >= 0.3 is 0 Å². The number of ether oxygens (including phenoxy) is 2. The lowest BCUT2D eigenvalue weighted by atomic mass is 10.1. The van der Waals surface area contributed by atoms with Gasteiger partial charge in [0.25, 0.3) is 11.1 Å². The molecule has 0 radical (unpaired) electrons. The number of imide groups is 1. The maximum Gasteiger partial charge on any atom is 0.293 e. The van der Waals surface area contributed by atoms with Crippen molar-refractivity contribution in [2.24, 2.45) is 0 Å². The topological polar surface area (TPSA) is 55.8 Å². The smallest absolute Gasteiger partial charge is 0.293 e. The average molecular weight is 450 g/mol. The van der Waals surface area contributed by atoms with Crippen LogP contribution in [0.25, 0.3) is 6.08 Å². The van der Waals surface area contributed by atoms with E-state index in [0.717, 1.165) is 23.1 Å². The lowest BCUT2D eigenvalue weighted by Gasteiger charge is -2.17. The molecule has 0 aliphatic carbocycles. The van der Waals surface area contributed by atoms with E-state index in [1.807, 2.05) is 13.8 Å². The van der Waals surface area contributed by atoms with Gasteiger partial charge in [0.2, 0.25) is 0 Å². The molecular formula is C22H21ClFNO4S. The summed E-state index contributed by atoms with van der Waals surface area (Å²) in [6, 6.07) is 9.04. The van der Waals surface area contributed by atoms with Crippen LogP contribution in [-0.4, -0.2) is 29.3 Å². The highest BCUT2D eigenvalue weighted by atomic mass is 35.5. The van der Waals surface area contributed by atoms with Gasteiger partial charge in [0.1, 0.15) is 5.82 Å². The minimum absolute atomic E-state index is 0.0368.